The summed E-state index contributed by atoms with van der Waals surface area (Å²) in [6.45, 7) is 5.14. The van der Waals surface area contributed by atoms with Crippen LogP contribution >= 0.6 is 11.3 Å². The molecule has 0 amide bonds. The van der Waals surface area contributed by atoms with Crippen molar-refractivity contribution < 1.29 is 9.50 Å². The van der Waals surface area contributed by atoms with Gasteiger partial charge in [0.25, 0.3) is 0 Å². The highest BCUT2D eigenvalue weighted by Gasteiger charge is 2.21. The lowest BCUT2D eigenvalue weighted by Gasteiger charge is -2.25. The molecule has 0 bridgehead atoms. The Hall–Kier alpha value is -1.23. The van der Waals surface area contributed by atoms with E-state index in [2.05, 4.69) is 5.32 Å². The van der Waals surface area contributed by atoms with Crippen LogP contribution in [0.15, 0.2) is 35.7 Å². The quantitative estimate of drug-likeness (QED) is 0.803. The van der Waals surface area contributed by atoms with E-state index in [0.29, 0.717) is 18.7 Å². The molecule has 0 aliphatic heterocycles. The van der Waals surface area contributed by atoms with Crippen LogP contribution in [0.25, 0.3) is 10.4 Å². The molecule has 0 fully saturated rings. The first-order chi connectivity index (χ1) is 10.1. The van der Waals surface area contributed by atoms with Crippen LogP contribution in [0, 0.1) is 5.82 Å². The van der Waals surface area contributed by atoms with Gasteiger partial charge in [-0.15, -0.1) is 11.3 Å². The van der Waals surface area contributed by atoms with Gasteiger partial charge in [-0.3, -0.25) is 0 Å². The van der Waals surface area contributed by atoms with Crippen LogP contribution in [0.3, 0.4) is 0 Å². The second-order valence-corrected chi connectivity index (χ2v) is 6.27. The molecule has 0 aliphatic rings. The number of rotatable bonds is 7. The third-order valence-electron chi connectivity index (χ3n) is 3.92. The molecule has 114 valence electrons. The van der Waals surface area contributed by atoms with E-state index in [0.717, 1.165) is 23.3 Å². The van der Waals surface area contributed by atoms with Crippen molar-refractivity contribution in [3.05, 3.63) is 47.1 Å². The van der Waals surface area contributed by atoms with Gasteiger partial charge in [0.05, 0.1) is 5.60 Å². The van der Waals surface area contributed by atoms with Gasteiger partial charge in [0.15, 0.2) is 0 Å². The summed E-state index contributed by atoms with van der Waals surface area (Å²) in [6, 6.07) is 9.03. The zero-order valence-corrected chi connectivity index (χ0v) is 13.3. The van der Waals surface area contributed by atoms with E-state index in [1.165, 1.54) is 17.4 Å². The second kappa shape index (κ2) is 7.16. The minimum absolute atomic E-state index is 0.195. The molecule has 0 saturated carbocycles. The maximum Gasteiger partial charge on any atom is 0.131 e. The topological polar surface area (TPSA) is 32.3 Å². The molecule has 0 radical (unpaired) electrons. The van der Waals surface area contributed by atoms with E-state index in [1.54, 1.807) is 6.07 Å². The van der Waals surface area contributed by atoms with Gasteiger partial charge in [0, 0.05) is 23.5 Å². The molecular formula is C17H22FNOS. The van der Waals surface area contributed by atoms with Crippen LogP contribution in [0.1, 0.15) is 32.3 Å². The molecular weight excluding hydrogens is 285 g/mol. The van der Waals surface area contributed by atoms with Crippen molar-refractivity contribution in [2.75, 3.05) is 6.54 Å². The molecule has 4 heteroatoms. The summed E-state index contributed by atoms with van der Waals surface area (Å²) in [7, 11) is 0. The van der Waals surface area contributed by atoms with E-state index in [4.69, 9.17) is 0 Å². The first kappa shape index (κ1) is 16.1. The van der Waals surface area contributed by atoms with Crippen LogP contribution in [0.2, 0.25) is 0 Å². The number of aliphatic hydroxyl groups is 1. The monoisotopic (exact) mass is 307 g/mol. The average Bonchev–Trinajstić information content (AvgIpc) is 3.03. The average molecular weight is 307 g/mol. The van der Waals surface area contributed by atoms with E-state index in [9.17, 15) is 9.50 Å². The van der Waals surface area contributed by atoms with Crippen molar-refractivity contribution >= 4 is 11.3 Å². The highest BCUT2D eigenvalue weighted by atomic mass is 32.1. The molecule has 2 rings (SSSR count). The summed E-state index contributed by atoms with van der Waals surface area (Å²) in [5.41, 5.74) is 1.01. The Labute approximate surface area is 129 Å². The van der Waals surface area contributed by atoms with Gasteiger partial charge >= 0.3 is 0 Å². The largest absolute Gasteiger partial charge is 0.389 e. The number of hydrogen-bond acceptors (Lipinski definition) is 3. The van der Waals surface area contributed by atoms with Gasteiger partial charge in [-0.05, 0) is 42.0 Å². The van der Waals surface area contributed by atoms with E-state index >= 15 is 0 Å². The van der Waals surface area contributed by atoms with E-state index in [1.807, 2.05) is 37.4 Å². The molecule has 0 saturated heterocycles. The predicted molar refractivity (Wildman–Crippen MR) is 87.0 cm³/mol. The van der Waals surface area contributed by atoms with Crippen LogP contribution < -0.4 is 5.32 Å². The summed E-state index contributed by atoms with van der Waals surface area (Å²) >= 11 is 1.53. The van der Waals surface area contributed by atoms with Crippen LogP contribution in [-0.2, 0) is 6.54 Å². The molecule has 1 aromatic heterocycles. The Bertz CT molecular complexity index is 564. The first-order valence-corrected chi connectivity index (χ1v) is 8.21. The predicted octanol–water partition coefficient (Wildman–Crippen LogP) is 4.19. The second-order valence-electron chi connectivity index (χ2n) is 5.33. The van der Waals surface area contributed by atoms with Crippen molar-refractivity contribution in [1.29, 1.82) is 0 Å². The fraction of sp³-hybridized carbons (Fsp3) is 0.412. The Morgan fingerprint density at radius 3 is 2.62 bits per heavy atom. The van der Waals surface area contributed by atoms with Gasteiger partial charge < -0.3 is 10.4 Å². The van der Waals surface area contributed by atoms with Gasteiger partial charge in [-0.25, -0.2) is 4.39 Å². The zero-order chi connectivity index (χ0) is 15.3. The molecule has 0 aliphatic carbocycles. The van der Waals surface area contributed by atoms with Crippen molar-refractivity contribution in [3.8, 4) is 10.4 Å². The summed E-state index contributed by atoms with van der Waals surface area (Å²) in [4.78, 5) is 0.938. The van der Waals surface area contributed by atoms with Gasteiger partial charge in [0.1, 0.15) is 5.82 Å². The van der Waals surface area contributed by atoms with Crippen molar-refractivity contribution in [1.82, 2.24) is 5.32 Å². The van der Waals surface area contributed by atoms with Crippen molar-refractivity contribution in [3.63, 3.8) is 0 Å². The minimum Gasteiger partial charge on any atom is -0.389 e. The Balaban J connectivity index is 2.03. The number of benzene rings is 1. The number of hydrogen-bond donors (Lipinski definition) is 2. The fourth-order valence-electron chi connectivity index (χ4n) is 2.24. The molecule has 2 aromatic rings. The standard InChI is InChI=1S/C17H22FNOS/c1-3-17(20,4-2)12-19-11-13-7-8-15(18)14(10-13)16-6-5-9-21-16/h5-10,19-20H,3-4,11-12H2,1-2H3. The molecule has 2 nitrogen and oxygen atoms in total. The summed E-state index contributed by atoms with van der Waals surface area (Å²) < 4.78 is 13.9. The molecule has 0 unspecified atom stereocenters. The molecule has 21 heavy (non-hydrogen) atoms. The summed E-state index contributed by atoms with van der Waals surface area (Å²) in [5, 5.41) is 15.4. The van der Waals surface area contributed by atoms with Gasteiger partial charge in [-0.1, -0.05) is 26.0 Å². The van der Waals surface area contributed by atoms with Gasteiger partial charge in [-0.2, -0.15) is 0 Å². The first-order valence-electron chi connectivity index (χ1n) is 7.33. The highest BCUT2D eigenvalue weighted by molar-refractivity contribution is 7.13. The van der Waals surface area contributed by atoms with Crippen molar-refractivity contribution in [2.45, 2.75) is 38.8 Å². The molecule has 1 aromatic carbocycles. The fourth-order valence-corrected chi connectivity index (χ4v) is 2.99. The number of nitrogens with one attached hydrogen (secondary N) is 1. The zero-order valence-electron chi connectivity index (χ0n) is 12.5. The van der Waals surface area contributed by atoms with Gasteiger partial charge in [0.2, 0.25) is 0 Å². The highest BCUT2D eigenvalue weighted by Crippen LogP contribution is 2.28. The number of halogens is 1. The Morgan fingerprint density at radius 2 is 2.00 bits per heavy atom. The Kier molecular flexibility index (Phi) is 5.51. The SMILES string of the molecule is CCC(O)(CC)CNCc1ccc(F)c(-c2cccs2)c1. The lowest BCUT2D eigenvalue weighted by Crippen LogP contribution is -2.39. The maximum atomic E-state index is 13.9. The summed E-state index contributed by atoms with van der Waals surface area (Å²) in [5.74, 6) is -0.195. The van der Waals surface area contributed by atoms with E-state index in [-0.39, 0.29) is 5.82 Å². The maximum absolute atomic E-state index is 13.9. The number of thiophene rings is 1. The summed E-state index contributed by atoms with van der Waals surface area (Å²) in [6.07, 6.45) is 1.45. The molecule has 0 spiro atoms. The normalized spacial score (nSPS) is 11.8. The molecule has 2 N–H and O–H groups in total. The third-order valence-corrected chi connectivity index (χ3v) is 4.82. The molecule has 0 atom stereocenters. The minimum atomic E-state index is -0.656. The van der Waals surface area contributed by atoms with Crippen LogP contribution in [0.5, 0.6) is 0 Å². The Morgan fingerprint density at radius 1 is 1.24 bits per heavy atom. The van der Waals surface area contributed by atoms with Crippen LogP contribution in [-0.4, -0.2) is 17.3 Å². The lowest BCUT2D eigenvalue weighted by molar-refractivity contribution is 0.0323. The third kappa shape index (κ3) is 4.13. The lowest BCUT2D eigenvalue weighted by atomic mass is 9.97. The smallest absolute Gasteiger partial charge is 0.131 e. The van der Waals surface area contributed by atoms with Crippen LogP contribution in [0.4, 0.5) is 4.39 Å². The van der Waals surface area contributed by atoms with Crippen molar-refractivity contribution in [2.24, 2.45) is 0 Å². The van der Waals surface area contributed by atoms with E-state index < -0.39 is 5.60 Å². The molecule has 1 heterocycles.